The fourth-order valence-electron chi connectivity index (χ4n) is 1.71. The molecule has 0 unspecified atom stereocenters. The molecule has 1 rings (SSSR count). The van der Waals surface area contributed by atoms with E-state index < -0.39 is 5.41 Å². The average Bonchev–Trinajstić information content (AvgIpc) is 2.41. The molecule has 1 aromatic carbocycles. The molecule has 0 fully saturated rings. The number of nitrogens with zero attached hydrogens (tertiary/aromatic N) is 2. The van der Waals surface area contributed by atoms with Gasteiger partial charge in [0, 0.05) is 5.02 Å². The predicted octanol–water partition coefficient (Wildman–Crippen LogP) is 4.65. The van der Waals surface area contributed by atoms with E-state index in [2.05, 4.69) is 18.7 Å². The number of nitriles is 2. The minimum atomic E-state index is -1.34. The lowest BCUT2D eigenvalue weighted by atomic mass is 9.75. The van der Waals surface area contributed by atoms with Gasteiger partial charge >= 0.3 is 0 Å². The minimum absolute atomic E-state index is 0.469. The highest BCUT2D eigenvalue weighted by molar-refractivity contribution is 8.01. The number of halogens is 1. The van der Waals surface area contributed by atoms with E-state index in [1.54, 1.807) is 36.6 Å². The van der Waals surface area contributed by atoms with Crippen LogP contribution in [0.25, 0.3) is 5.57 Å². The average molecular weight is 289 g/mol. The molecule has 19 heavy (non-hydrogen) atoms. The Kier molecular flexibility index (Phi) is 5.24. The van der Waals surface area contributed by atoms with Gasteiger partial charge in [0.2, 0.25) is 0 Å². The smallest absolute Gasteiger partial charge is 0.190 e. The summed E-state index contributed by atoms with van der Waals surface area (Å²) in [6.45, 7) is 5.70. The fraction of sp³-hybridized carbons (Fsp3) is 0.200. The standard InChI is InChI=1S/C15H13ClN2S/c1-11(8-19-3)15(9-17,10-18)12(2)13-4-6-14(16)7-5-13/h4-8H,2H2,1,3H3/b11-8+. The largest absolute Gasteiger partial charge is 0.196 e. The SMILES string of the molecule is C=C(c1ccc(Cl)cc1)C(C#N)(C#N)/C(C)=C/SC. The molecule has 96 valence electrons. The molecule has 0 atom stereocenters. The Bertz CT molecular complexity index is 574. The van der Waals surface area contributed by atoms with Crippen LogP contribution in [0.2, 0.25) is 5.02 Å². The number of hydrogen-bond acceptors (Lipinski definition) is 3. The molecule has 0 amide bonds. The molecule has 0 aliphatic heterocycles. The number of allylic oxidation sites excluding steroid dienone is 2. The van der Waals surface area contributed by atoms with E-state index in [1.807, 2.05) is 6.26 Å². The molecule has 0 N–H and O–H groups in total. The van der Waals surface area contributed by atoms with Gasteiger partial charge in [-0.05, 0) is 47.4 Å². The molecule has 2 nitrogen and oxygen atoms in total. The Morgan fingerprint density at radius 3 is 2.26 bits per heavy atom. The van der Waals surface area contributed by atoms with Gasteiger partial charge in [-0.2, -0.15) is 10.5 Å². The maximum absolute atomic E-state index is 9.45. The zero-order valence-corrected chi connectivity index (χ0v) is 12.3. The summed E-state index contributed by atoms with van der Waals surface area (Å²) >= 11 is 7.29. The van der Waals surface area contributed by atoms with Crippen molar-refractivity contribution >= 4 is 28.9 Å². The van der Waals surface area contributed by atoms with Gasteiger partial charge in [0.05, 0.1) is 12.1 Å². The summed E-state index contributed by atoms with van der Waals surface area (Å²) in [5.41, 5.74) is 0.542. The second-order valence-corrected chi connectivity index (χ2v) is 5.14. The lowest BCUT2D eigenvalue weighted by Crippen LogP contribution is -2.19. The number of hydrogen-bond donors (Lipinski definition) is 0. The van der Waals surface area contributed by atoms with Gasteiger partial charge in [-0.1, -0.05) is 30.3 Å². The van der Waals surface area contributed by atoms with Crippen LogP contribution in [-0.2, 0) is 0 Å². The highest BCUT2D eigenvalue weighted by Crippen LogP contribution is 2.40. The zero-order valence-electron chi connectivity index (χ0n) is 10.8. The van der Waals surface area contributed by atoms with Gasteiger partial charge in [0.25, 0.3) is 0 Å². The first kappa shape index (κ1) is 15.4. The quantitative estimate of drug-likeness (QED) is 0.810. The van der Waals surface area contributed by atoms with Crippen LogP contribution in [-0.4, -0.2) is 6.26 Å². The summed E-state index contributed by atoms with van der Waals surface area (Å²) in [6.07, 6.45) is 1.88. The van der Waals surface area contributed by atoms with E-state index in [0.717, 1.165) is 5.56 Å². The molecule has 0 spiro atoms. The summed E-state index contributed by atoms with van der Waals surface area (Å²) in [7, 11) is 0. The molecule has 0 aromatic heterocycles. The van der Waals surface area contributed by atoms with E-state index in [-0.39, 0.29) is 0 Å². The van der Waals surface area contributed by atoms with E-state index >= 15 is 0 Å². The molecule has 0 heterocycles. The summed E-state index contributed by atoms with van der Waals surface area (Å²) in [6, 6.07) is 11.1. The third kappa shape index (κ3) is 3.01. The van der Waals surface area contributed by atoms with Crippen LogP contribution in [0.5, 0.6) is 0 Å². The van der Waals surface area contributed by atoms with Crippen molar-refractivity contribution in [3.8, 4) is 12.1 Å². The number of benzene rings is 1. The van der Waals surface area contributed by atoms with Crippen molar-refractivity contribution in [2.75, 3.05) is 6.26 Å². The fourth-order valence-corrected chi connectivity index (χ4v) is 2.36. The lowest BCUT2D eigenvalue weighted by Gasteiger charge is -2.22. The topological polar surface area (TPSA) is 47.6 Å². The number of thioether (sulfide) groups is 1. The Balaban J connectivity index is 3.33. The van der Waals surface area contributed by atoms with Crippen LogP contribution in [0.3, 0.4) is 0 Å². The highest BCUT2D eigenvalue weighted by atomic mass is 35.5. The molecule has 0 bridgehead atoms. The zero-order chi connectivity index (χ0) is 14.5. The molecule has 0 aliphatic carbocycles. The minimum Gasteiger partial charge on any atom is -0.196 e. The second kappa shape index (κ2) is 6.48. The molecule has 0 saturated heterocycles. The molecular formula is C15H13ClN2S. The van der Waals surface area contributed by atoms with Crippen molar-refractivity contribution in [1.29, 1.82) is 10.5 Å². The van der Waals surface area contributed by atoms with Crippen LogP contribution < -0.4 is 0 Å². The van der Waals surface area contributed by atoms with Crippen molar-refractivity contribution in [3.63, 3.8) is 0 Å². The van der Waals surface area contributed by atoms with Crippen LogP contribution in [0.15, 0.2) is 41.8 Å². The normalized spacial score (nSPS) is 11.5. The maximum atomic E-state index is 9.45. The monoisotopic (exact) mass is 288 g/mol. The van der Waals surface area contributed by atoms with Crippen molar-refractivity contribution < 1.29 is 0 Å². The Hall–Kier alpha value is -1.68. The van der Waals surface area contributed by atoms with Crippen molar-refractivity contribution in [3.05, 3.63) is 52.4 Å². The van der Waals surface area contributed by atoms with Gasteiger partial charge in [-0.3, -0.25) is 0 Å². The van der Waals surface area contributed by atoms with Crippen LogP contribution in [0.4, 0.5) is 0 Å². The predicted molar refractivity (Wildman–Crippen MR) is 81.4 cm³/mol. The van der Waals surface area contributed by atoms with Gasteiger partial charge in [-0.25, -0.2) is 0 Å². The van der Waals surface area contributed by atoms with E-state index in [1.165, 1.54) is 11.8 Å². The van der Waals surface area contributed by atoms with Crippen molar-refractivity contribution in [2.45, 2.75) is 6.92 Å². The van der Waals surface area contributed by atoms with Gasteiger partial charge < -0.3 is 0 Å². The molecule has 1 aromatic rings. The van der Waals surface area contributed by atoms with Crippen molar-refractivity contribution in [1.82, 2.24) is 0 Å². The van der Waals surface area contributed by atoms with Gasteiger partial charge in [0.1, 0.15) is 0 Å². The molecule has 0 radical (unpaired) electrons. The molecular weight excluding hydrogens is 276 g/mol. The Morgan fingerprint density at radius 1 is 1.32 bits per heavy atom. The molecule has 0 aliphatic rings. The van der Waals surface area contributed by atoms with Crippen LogP contribution >= 0.6 is 23.4 Å². The third-order valence-corrected chi connectivity index (χ3v) is 3.71. The van der Waals surface area contributed by atoms with Crippen LogP contribution in [0, 0.1) is 28.1 Å². The Morgan fingerprint density at radius 2 is 1.84 bits per heavy atom. The van der Waals surface area contributed by atoms with Gasteiger partial charge in [-0.15, -0.1) is 11.8 Å². The van der Waals surface area contributed by atoms with E-state index in [9.17, 15) is 10.5 Å². The van der Waals surface area contributed by atoms with Gasteiger partial charge in [0.15, 0.2) is 5.41 Å². The van der Waals surface area contributed by atoms with Crippen LogP contribution in [0.1, 0.15) is 12.5 Å². The first-order chi connectivity index (χ1) is 9.01. The number of rotatable bonds is 4. The summed E-state index contributed by atoms with van der Waals surface area (Å²) in [5.74, 6) is 0. The lowest BCUT2D eigenvalue weighted by molar-refractivity contribution is 0.817. The maximum Gasteiger partial charge on any atom is 0.190 e. The molecule has 4 heteroatoms. The first-order valence-electron chi connectivity index (χ1n) is 5.49. The van der Waals surface area contributed by atoms with E-state index in [0.29, 0.717) is 16.2 Å². The van der Waals surface area contributed by atoms with E-state index in [4.69, 9.17) is 11.6 Å². The van der Waals surface area contributed by atoms with Crippen molar-refractivity contribution in [2.24, 2.45) is 5.41 Å². The highest BCUT2D eigenvalue weighted by Gasteiger charge is 2.36. The second-order valence-electron chi connectivity index (χ2n) is 4.00. The summed E-state index contributed by atoms with van der Waals surface area (Å²) < 4.78 is 0. The molecule has 0 saturated carbocycles. The first-order valence-corrected chi connectivity index (χ1v) is 7.16. The third-order valence-electron chi connectivity index (χ3n) is 2.87. The summed E-state index contributed by atoms with van der Waals surface area (Å²) in [5, 5.41) is 21.3. The summed E-state index contributed by atoms with van der Waals surface area (Å²) in [4.78, 5) is 0. The Labute approximate surface area is 123 Å².